The number of hydrogen-bond donors (Lipinski definition) is 1. The molecule has 0 fully saturated rings. The van der Waals surface area contributed by atoms with E-state index >= 15 is 0 Å². The lowest BCUT2D eigenvalue weighted by Gasteiger charge is -2.24. The molecule has 0 saturated heterocycles. The van der Waals surface area contributed by atoms with Gasteiger partial charge < -0.3 is 19.5 Å². The molecule has 112 valence electrons. The van der Waals surface area contributed by atoms with Gasteiger partial charge in [0.1, 0.15) is 0 Å². The number of anilines is 1. The van der Waals surface area contributed by atoms with Gasteiger partial charge in [-0.3, -0.25) is 4.79 Å². The van der Waals surface area contributed by atoms with Crippen LogP contribution in [0.15, 0.2) is 24.3 Å². The zero-order valence-electron chi connectivity index (χ0n) is 12.2. The highest BCUT2D eigenvalue weighted by atomic mass is 16.5. The van der Waals surface area contributed by atoms with E-state index in [0.717, 1.165) is 5.69 Å². The fraction of sp³-hybridized carbons (Fsp3) is 0.533. The van der Waals surface area contributed by atoms with Crippen molar-refractivity contribution in [1.29, 1.82) is 0 Å². The van der Waals surface area contributed by atoms with Crippen molar-refractivity contribution in [1.82, 2.24) is 0 Å². The van der Waals surface area contributed by atoms with E-state index in [1.807, 2.05) is 36.1 Å². The minimum Gasteiger partial charge on any atom is -0.481 e. The number of carboxylic acids is 1. The lowest BCUT2D eigenvalue weighted by molar-refractivity contribution is -0.136. The Morgan fingerprint density at radius 3 is 2.45 bits per heavy atom. The second-order valence-corrected chi connectivity index (χ2v) is 4.57. The maximum atomic E-state index is 10.7. The van der Waals surface area contributed by atoms with Crippen LogP contribution in [0, 0.1) is 6.92 Å². The molecule has 1 N–H and O–H groups in total. The fourth-order valence-electron chi connectivity index (χ4n) is 1.78. The van der Waals surface area contributed by atoms with E-state index < -0.39 is 5.97 Å². The summed E-state index contributed by atoms with van der Waals surface area (Å²) < 4.78 is 10.4. The summed E-state index contributed by atoms with van der Waals surface area (Å²) in [4.78, 5) is 12.8. The fourth-order valence-corrected chi connectivity index (χ4v) is 1.78. The normalized spacial score (nSPS) is 10.5. The van der Waals surface area contributed by atoms with Gasteiger partial charge in [0.25, 0.3) is 0 Å². The van der Waals surface area contributed by atoms with Crippen molar-refractivity contribution in [3.05, 3.63) is 29.8 Å². The lowest BCUT2D eigenvalue weighted by atomic mass is 10.2. The molecule has 0 aliphatic carbocycles. The van der Waals surface area contributed by atoms with Crippen molar-refractivity contribution in [2.24, 2.45) is 0 Å². The Hall–Kier alpha value is -1.59. The van der Waals surface area contributed by atoms with Crippen molar-refractivity contribution < 1.29 is 19.4 Å². The summed E-state index contributed by atoms with van der Waals surface area (Å²) in [5.41, 5.74) is 2.20. The number of hydrogen-bond acceptors (Lipinski definition) is 4. The molecule has 0 bridgehead atoms. The predicted octanol–water partition coefficient (Wildman–Crippen LogP) is 1.94. The number of benzene rings is 1. The van der Waals surface area contributed by atoms with Gasteiger partial charge in [0.2, 0.25) is 0 Å². The SMILES string of the molecule is COCCOCCN(CCC(=O)O)c1ccc(C)cc1. The predicted molar refractivity (Wildman–Crippen MR) is 78.3 cm³/mol. The molecule has 0 spiro atoms. The molecule has 0 aliphatic heterocycles. The van der Waals surface area contributed by atoms with Crippen molar-refractivity contribution in [3.8, 4) is 0 Å². The molecule has 5 heteroatoms. The van der Waals surface area contributed by atoms with Crippen LogP contribution in [0.1, 0.15) is 12.0 Å². The third-order valence-electron chi connectivity index (χ3n) is 2.93. The van der Waals surface area contributed by atoms with E-state index in [-0.39, 0.29) is 6.42 Å². The molecule has 1 rings (SSSR count). The van der Waals surface area contributed by atoms with Gasteiger partial charge in [-0.1, -0.05) is 17.7 Å². The molecule has 0 aliphatic rings. The summed E-state index contributed by atoms with van der Waals surface area (Å²) in [7, 11) is 1.63. The van der Waals surface area contributed by atoms with Gasteiger partial charge in [-0.15, -0.1) is 0 Å². The second-order valence-electron chi connectivity index (χ2n) is 4.57. The maximum Gasteiger partial charge on any atom is 0.305 e. The molecule has 0 atom stereocenters. The Bertz CT molecular complexity index is 391. The summed E-state index contributed by atoms with van der Waals surface area (Å²) in [5.74, 6) is -0.789. The quantitative estimate of drug-likeness (QED) is 0.664. The average Bonchev–Trinajstić information content (AvgIpc) is 2.43. The summed E-state index contributed by atoms with van der Waals surface area (Å²) in [6.45, 7) is 4.85. The monoisotopic (exact) mass is 281 g/mol. The molecule has 5 nitrogen and oxygen atoms in total. The van der Waals surface area contributed by atoms with Crippen LogP contribution in [0.4, 0.5) is 5.69 Å². The van der Waals surface area contributed by atoms with Crippen LogP contribution >= 0.6 is 0 Å². The smallest absolute Gasteiger partial charge is 0.305 e. The Morgan fingerprint density at radius 2 is 1.85 bits per heavy atom. The average molecular weight is 281 g/mol. The highest BCUT2D eigenvalue weighted by Crippen LogP contribution is 2.15. The van der Waals surface area contributed by atoms with E-state index in [1.54, 1.807) is 7.11 Å². The summed E-state index contributed by atoms with van der Waals surface area (Å²) in [6, 6.07) is 8.06. The second kappa shape index (κ2) is 9.34. The van der Waals surface area contributed by atoms with Crippen LogP contribution in [0.5, 0.6) is 0 Å². The molecule has 20 heavy (non-hydrogen) atoms. The largest absolute Gasteiger partial charge is 0.481 e. The van der Waals surface area contributed by atoms with Crippen LogP contribution in [-0.4, -0.2) is 51.1 Å². The van der Waals surface area contributed by atoms with Crippen LogP contribution < -0.4 is 4.90 Å². The standard InChI is InChI=1S/C15H23NO4/c1-13-3-5-14(6-4-13)16(8-7-15(17)18)9-10-20-12-11-19-2/h3-6H,7-12H2,1-2H3,(H,17,18). The molecule has 0 unspecified atom stereocenters. The van der Waals surface area contributed by atoms with E-state index in [0.29, 0.717) is 32.9 Å². The minimum atomic E-state index is -0.789. The Balaban J connectivity index is 2.51. The molecule has 0 radical (unpaired) electrons. The van der Waals surface area contributed by atoms with E-state index in [2.05, 4.69) is 0 Å². The van der Waals surface area contributed by atoms with Crippen molar-refractivity contribution in [3.63, 3.8) is 0 Å². The highest BCUT2D eigenvalue weighted by molar-refractivity contribution is 5.67. The first-order valence-electron chi connectivity index (χ1n) is 6.73. The number of aryl methyl sites for hydroxylation is 1. The molecular formula is C15H23NO4. The van der Waals surface area contributed by atoms with Crippen molar-refractivity contribution in [2.45, 2.75) is 13.3 Å². The minimum absolute atomic E-state index is 0.117. The van der Waals surface area contributed by atoms with Crippen molar-refractivity contribution >= 4 is 11.7 Å². The van der Waals surface area contributed by atoms with E-state index in [1.165, 1.54) is 5.56 Å². The molecular weight excluding hydrogens is 258 g/mol. The third kappa shape index (κ3) is 6.54. The molecule has 1 aromatic carbocycles. The first-order chi connectivity index (χ1) is 9.63. The number of methoxy groups -OCH3 is 1. The number of ether oxygens (including phenoxy) is 2. The number of carboxylic acid groups (broad SMARTS) is 1. The summed E-state index contributed by atoms with van der Waals surface area (Å²) in [6.07, 6.45) is 0.117. The van der Waals surface area contributed by atoms with Gasteiger partial charge in [0.15, 0.2) is 0 Å². The summed E-state index contributed by atoms with van der Waals surface area (Å²) in [5, 5.41) is 8.82. The first-order valence-corrected chi connectivity index (χ1v) is 6.73. The lowest BCUT2D eigenvalue weighted by Crippen LogP contribution is -2.30. The molecule has 1 aromatic rings. The van der Waals surface area contributed by atoms with Gasteiger partial charge in [0, 0.05) is 25.9 Å². The number of rotatable bonds is 10. The molecule has 0 amide bonds. The van der Waals surface area contributed by atoms with Crippen molar-refractivity contribution in [2.75, 3.05) is 44.9 Å². The first kappa shape index (κ1) is 16.5. The van der Waals surface area contributed by atoms with E-state index in [4.69, 9.17) is 14.6 Å². The van der Waals surface area contributed by atoms with Gasteiger partial charge in [-0.2, -0.15) is 0 Å². The van der Waals surface area contributed by atoms with Gasteiger partial charge in [-0.25, -0.2) is 0 Å². The maximum absolute atomic E-state index is 10.7. The van der Waals surface area contributed by atoms with Gasteiger partial charge >= 0.3 is 5.97 Å². The number of carbonyl (C=O) groups is 1. The zero-order valence-corrected chi connectivity index (χ0v) is 12.2. The Morgan fingerprint density at radius 1 is 1.15 bits per heavy atom. The third-order valence-corrected chi connectivity index (χ3v) is 2.93. The summed E-state index contributed by atoms with van der Waals surface area (Å²) >= 11 is 0. The Labute approximate surface area is 120 Å². The van der Waals surface area contributed by atoms with Crippen LogP contribution in [0.2, 0.25) is 0 Å². The molecule has 0 saturated carbocycles. The number of nitrogens with zero attached hydrogens (tertiary/aromatic N) is 1. The topological polar surface area (TPSA) is 59.0 Å². The zero-order chi connectivity index (χ0) is 14.8. The van der Waals surface area contributed by atoms with Gasteiger partial charge in [0.05, 0.1) is 26.2 Å². The molecule has 0 aromatic heterocycles. The van der Waals surface area contributed by atoms with Crippen LogP contribution in [0.3, 0.4) is 0 Å². The molecule has 0 heterocycles. The van der Waals surface area contributed by atoms with Crippen LogP contribution in [-0.2, 0) is 14.3 Å². The highest BCUT2D eigenvalue weighted by Gasteiger charge is 2.08. The number of aliphatic carboxylic acids is 1. The van der Waals surface area contributed by atoms with Gasteiger partial charge in [-0.05, 0) is 19.1 Å². The Kier molecular flexibility index (Phi) is 7.69. The van der Waals surface area contributed by atoms with Crippen LogP contribution in [0.25, 0.3) is 0 Å². The van der Waals surface area contributed by atoms with E-state index in [9.17, 15) is 4.79 Å².